The zero-order chi connectivity index (χ0) is 16.1. The van der Waals surface area contributed by atoms with Gasteiger partial charge in [-0.25, -0.2) is 0 Å². The van der Waals surface area contributed by atoms with Crippen molar-refractivity contribution in [3.63, 3.8) is 0 Å². The van der Waals surface area contributed by atoms with Crippen LogP contribution in [-0.4, -0.2) is 15.9 Å². The number of hydrogen-bond donors (Lipinski definition) is 1. The number of aromatic nitrogens is 2. The summed E-state index contributed by atoms with van der Waals surface area (Å²) in [5.41, 5.74) is 2.07. The van der Waals surface area contributed by atoms with Gasteiger partial charge >= 0.3 is 0 Å². The van der Waals surface area contributed by atoms with Gasteiger partial charge in [-0.15, -0.1) is 0 Å². The van der Waals surface area contributed by atoms with Gasteiger partial charge in [-0.05, 0) is 49.4 Å². The number of anilines is 1. The third-order valence-electron chi connectivity index (χ3n) is 3.12. The zero-order valence-electron chi connectivity index (χ0n) is 12.6. The van der Waals surface area contributed by atoms with Gasteiger partial charge in [0, 0.05) is 29.3 Å². The van der Waals surface area contributed by atoms with Crippen LogP contribution in [0.5, 0.6) is 11.5 Å². The average Bonchev–Trinajstić information content (AvgIpc) is 2.56. The van der Waals surface area contributed by atoms with E-state index in [9.17, 15) is 4.79 Å². The van der Waals surface area contributed by atoms with Crippen LogP contribution in [0.25, 0.3) is 0 Å². The standard InChI is InChI=1S/C18H15N3O2/c1-13-10-15(7-9-20-13)21-18(22)14-4-2-5-16(11-14)23-17-6-3-8-19-12-17/h2-12H,1H3,(H,20,21,22). The van der Waals surface area contributed by atoms with Gasteiger partial charge in [0.15, 0.2) is 0 Å². The van der Waals surface area contributed by atoms with Crippen LogP contribution in [0.15, 0.2) is 67.1 Å². The summed E-state index contributed by atoms with van der Waals surface area (Å²) in [6.07, 6.45) is 4.95. The second-order valence-electron chi connectivity index (χ2n) is 4.96. The summed E-state index contributed by atoms with van der Waals surface area (Å²) in [4.78, 5) is 20.4. The molecule has 0 fully saturated rings. The first kappa shape index (κ1) is 14.7. The Bertz CT molecular complexity index is 819. The summed E-state index contributed by atoms with van der Waals surface area (Å²) in [7, 11) is 0. The van der Waals surface area contributed by atoms with Crippen LogP contribution in [0, 0.1) is 6.92 Å². The third-order valence-corrected chi connectivity index (χ3v) is 3.12. The highest BCUT2D eigenvalue weighted by Crippen LogP contribution is 2.21. The van der Waals surface area contributed by atoms with Crippen molar-refractivity contribution in [3.05, 3.63) is 78.4 Å². The Kier molecular flexibility index (Phi) is 4.29. The monoisotopic (exact) mass is 305 g/mol. The molecule has 0 spiro atoms. The second kappa shape index (κ2) is 6.70. The number of hydrogen-bond acceptors (Lipinski definition) is 4. The predicted octanol–water partition coefficient (Wildman–Crippen LogP) is 3.83. The van der Waals surface area contributed by atoms with Crippen molar-refractivity contribution in [1.29, 1.82) is 0 Å². The summed E-state index contributed by atoms with van der Waals surface area (Å²) >= 11 is 0. The van der Waals surface area contributed by atoms with E-state index < -0.39 is 0 Å². The van der Waals surface area contributed by atoms with Gasteiger partial charge in [0.1, 0.15) is 11.5 Å². The molecular weight excluding hydrogens is 290 g/mol. The number of carbonyl (C=O) groups is 1. The van der Waals surface area contributed by atoms with Gasteiger partial charge in [0.05, 0.1) is 6.20 Å². The molecule has 23 heavy (non-hydrogen) atoms. The number of pyridine rings is 2. The number of benzene rings is 1. The van der Waals surface area contributed by atoms with Gasteiger partial charge in [-0.1, -0.05) is 6.07 Å². The number of ether oxygens (including phenoxy) is 1. The van der Waals surface area contributed by atoms with Crippen molar-refractivity contribution >= 4 is 11.6 Å². The highest BCUT2D eigenvalue weighted by Gasteiger charge is 2.08. The fourth-order valence-electron chi connectivity index (χ4n) is 2.07. The highest BCUT2D eigenvalue weighted by molar-refractivity contribution is 6.04. The van der Waals surface area contributed by atoms with Gasteiger partial charge in [-0.2, -0.15) is 0 Å². The molecule has 0 unspecified atom stereocenters. The van der Waals surface area contributed by atoms with Gasteiger partial charge < -0.3 is 10.1 Å². The molecule has 0 bridgehead atoms. The van der Waals surface area contributed by atoms with Crippen molar-refractivity contribution in [2.24, 2.45) is 0 Å². The minimum atomic E-state index is -0.202. The molecule has 0 aliphatic heterocycles. The first-order valence-electron chi connectivity index (χ1n) is 7.13. The van der Waals surface area contributed by atoms with E-state index in [1.165, 1.54) is 0 Å². The van der Waals surface area contributed by atoms with Crippen LogP contribution in [0.1, 0.15) is 16.1 Å². The highest BCUT2D eigenvalue weighted by atomic mass is 16.5. The lowest BCUT2D eigenvalue weighted by atomic mass is 10.2. The van der Waals surface area contributed by atoms with E-state index >= 15 is 0 Å². The van der Waals surface area contributed by atoms with Crippen LogP contribution in [0.2, 0.25) is 0 Å². The van der Waals surface area contributed by atoms with E-state index in [0.29, 0.717) is 22.7 Å². The summed E-state index contributed by atoms with van der Waals surface area (Å²) in [6, 6.07) is 14.2. The number of nitrogens with zero attached hydrogens (tertiary/aromatic N) is 2. The topological polar surface area (TPSA) is 64.1 Å². The molecule has 114 valence electrons. The lowest BCUT2D eigenvalue weighted by Crippen LogP contribution is -2.12. The van der Waals surface area contributed by atoms with E-state index in [1.807, 2.05) is 13.0 Å². The van der Waals surface area contributed by atoms with Gasteiger partial charge in [0.2, 0.25) is 0 Å². The Morgan fingerprint density at radius 2 is 1.91 bits per heavy atom. The van der Waals surface area contributed by atoms with E-state index in [0.717, 1.165) is 5.69 Å². The molecule has 2 aromatic heterocycles. The van der Waals surface area contributed by atoms with Crippen molar-refractivity contribution < 1.29 is 9.53 Å². The summed E-state index contributed by atoms with van der Waals surface area (Å²) in [6.45, 7) is 1.87. The molecule has 0 radical (unpaired) electrons. The van der Waals surface area contributed by atoms with E-state index in [-0.39, 0.29) is 5.91 Å². The van der Waals surface area contributed by atoms with Crippen LogP contribution < -0.4 is 10.1 Å². The summed E-state index contributed by atoms with van der Waals surface area (Å²) < 4.78 is 5.69. The Labute approximate surface area is 134 Å². The SMILES string of the molecule is Cc1cc(NC(=O)c2cccc(Oc3cccnc3)c2)ccn1. The Hall–Kier alpha value is -3.21. The Balaban J connectivity index is 1.75. The molecule has 3 rings (SSSR count). The van der Waals surface area contributed by atoms with Crippen LogP contribution in [0.3, 0.4) is 0 Å². The largest absolute Gasteiger partial charge is 0.456 e. The van der Waals surface area contributed by atoms with E-state index in [4.69, 9.17) is 4.74 Å². The average molecular weight is 305 g/mol. The number of amides is 1. The maximum atomic E-state index is 12.3. The lowest BCUT2D eigenvalue weighted by Gasteiger charge is -2.08. The molecule has 0 atom stereocenters. The van der Waals surface area contributed by atoms with Crippen molar-refractivity contribution in [3.8, 4) is 11.5 Å². The smallest absolute Gasteiger partial charge is 0.255 e. The Morgan fingerprint density at radius 3 is 2.70 bits per heavy atom. The van der Waals surface area contributed by atoms with Gasteiger partial charge in [-0.3, -0.25) is 14.8 Å². The molecule has 0 aliphatic rings. The van der Waals surface area contributed by atoms with Crippen molar-refractivity contribution in [1.82, 2.24) is 9.97 Å². The summed E-state index contributed by atoms with van der Waals surface area (Å²) in [5.74, 6) is 0.999. The molecule has 2 heterocycles. The summed E-state index contributed by atoms with van der Waals surface area (Å²) in [5, 5.41) is 2.84. The molecule has 0 saturated heterocycles. The fraction of sp³-hybridized carbons (Fsp3) is 0.0556. The number of rotatable bonds is 4. The third kappa shape index (κ3) is 3.91. The second-order valence-corrected chi connectivity index (χ2v) is 4.96. The molecule has 3 aromatic rings. The Morgan fingerprint density at radius 1 is 1.04 bits per heavy atom. The maximum Gasteiger partial charge on any atom is 0.255 e. The zero-order valence-corrected chi connectivity index (χ0v) is 12.6. The molecule has 0 saturated carbocycles. The molecule has 5 heteroatoms. The van der Waals surface area contributed by atoms with Gasteiger partial charge in [0.25, 0.3) is 5.91 Å². The first-order chi connectivity index (χ1) is 11.2. The quantitative estimate of drug-likeness (QED) is 0.795. The van der Waals surface area contributed by atoms with E-state index in [1.54, 1.807) is 61.1 Å². The van der Waals surface area contributed by atoms with Crippen LogP contribution in [-0.2, 0) is 0 Å². The normalized spacial score (nSPS) is 10.1. The molecular formula is C18H15N3O2. The van der Waals surface area contributed by atoms with E-state index in [2.05, 4.69) is 15.3 Å². The molecule has 1 N–H and O–H groups in total. The molecule has 5 nitrogen and oxygen atoms in total. The van der Waals surface area contributed by atoms with Crippen LogP contribution >= 0.6 is 0 Å². The first-order valence-corrected chi connectivity index (χ1v) is 7.13. The number of carbonyl (C=O) groups excluding carboxylic acids is 1. The number of aryl methyl sites for hydroxylation is 1. The minimum absolute atomic E-state index is 0.202. The fourth-order valence-corrected chi connectivity index (χ4v) is 2.07. The number of nitrogens with one attached hydrogen (secondary N) is 1. The minimum Gasteiger partial charge on any atom is -0.456 e. The molecule has 0 aliphatic carbocycles. The lowest BCUT2D eigenvalue weighted by molar-refractivity contribution is 0.102. The molecule has 1 amide bonds. The maximum absolute atomic E-state index is 12.3. The predicted molar refractivity (Wildman–Crippen MR) is 87.7 cm³/mol. The molecule has 1 aromatic carbocycles. The van der Waals surface area contributed by atoms with Crippen molar-refractivity contribution in [2.75, 3.05) is 5.32 Å². The van der Waals surface area contributed by atoms with Crippen molar-refractivity contribution in [2.45, 2.75) is 6.92 Å². The van der Waals surface area contributed by atoms with Crippen LogP contribution in [0.4, 0.5) is 5.69 Å².